The van der Waals surface area contributed by atoms with Crippen molar-refractivity contribution in [2.24, 2.45) is 0 Å². The summed E-state index contributed by atoms with van der Waals surface area (Å²) in [6.07, 6.45) is 4.22. The van der Waals surface area contributed by atoms with Crippen LogP contribution in [0.2, 0.25) is 0 Å². The zero-order chi connectivity index (χ0) is 13.2. The standard InChI is InChI=1S/C12H11N5OS/c1-7(18)8-2-3-13-9(4-8)19-12-10-11(15-5-14-10)16-6-17-12/h2-7,18H,1H3,(H,14,15,16,17)/t7-/m0/s1. The molecule has 0 aliphatic carbocycles. The van der Waals surface area contributed by atoms with Crippen LogP contribution in [0.3, 0.4) is 0 Å². The second kappa shape index (κ2) is 4.94. The van der Waals surface area contributed by atoms with Gasteiger partial charge in [-0.3, -0.25) is 0 Å². The Hall–Kier alpha value is -1.99. The number of aromatic amines is 1. The van der Waals surface area contributed by atoms with Crippen LogP contribution < -0.4 is 0 Å². The van der Waals surface area contributed by atoms with E-state index in [0.717, 1.165) is 21.1 Å². The number of pyridine rings is 1. The van der Waals surface area contributed by atoms with Crippen molar-refractivity contribution in [3.05, 3.63) is 36.5 Å². The lowest BCUT2D eigenvalue weighted by atomic mass is 10.2. The molecule has 6 nitrogen and oxygen atoms in total. The Bertz CT molecular complexity index is 712. The van der Waals surface area contributed by atoms with Crippen LogP contribution in [0.15, 0.2) is 41.0 Å². The summed E-state index contributed by atoms with van der Waals surface area (Å²) in [6.45, 7) is 1.72. The van der Waals surface area contributed by atoms with Crippen LogP contribution in [-0.4, -0.2) is 30.0 Å². The number of fused-ring (bicyclic) bond motifs is 1. The summed E-state index contributed by atoms with van der Waals surface area (Å²) in [5, 5.41) is 11.1. The summed E-state index contributed by atoms with van der Waals surface area (Å²) in [5.74, 6) is 0. The van der Waals surface area contributed by atoms with E-state index in [4.69, 9.17) is 0 Å². The maximum Gasteiger partial charge on any atom is 0.181 e. The highest BCUT2D eigenvalue weighted by Crippen LogP contribution is 2.29. The summed E-state index contributed by atoms with van der Waals surface area (Å²) in [4.78, 5) is 19.7. The van der Waals surface area contributed by atoms with Gasteiger partial charge < -0.3 is 10.1 Å². The highest BCUT2D eigenvalue weighted by molar-refractivity contribution is 7.99. The molecule has 19 heavy (non-hydrogen) atoms. The largest absolute Gasteiger partial charge is 0.389 e. The number of aliphatic hydroxyl groups is 1. The first-order valence-corrected chi connectivity index (χ1v) is 6.51. The molecule has 0 fully saturated rings. The third-order valence-corrected chi connectivity index (χ3v) is 3.57. The number of aromatic nitrogens is 5. The zero-order valence-electron chi connectivity index (χ0n) is 10.1. The van der Waals surface area contributed by atoms with E-state index in [-0.39, 0.29) is 0 Å². The van der Waals surface area contributed by atoms with E-state index in [0.29, 0.717) is 5.65 Å². The first-order valence-electron chi connectivity index (χ1n) is 5.70. The van der Waals surface area contributed by atoms with Gasteiger partial charge in [0, 0.05) is 6.20 Å². The van der Waals surface area contributed by atoms with E-state index in [1.807, 2.05) is 6.07 Å². The lowest BCUT2D eigenvalue weighted by molar-refractivity contribution is 0.199. The summed E-state index contributed by atoms with van der Waals surface area (Å²) < 4.78 is 0. The fourth-order valence-electron chi connectivity index (χ4n) is 1.66. The van der Waals surface area contributed by atoms with E-state index in [1.165, 1.54) is 18.1 Å². The van der Waals surface area contributed by atoms with Crippen LogP contribution in [0.5, 0.6) is 0 Å². The average Bonchev–Trinajstić information content (AvgIpc) is 2.88. The topological polar surface area (TPSA) is 87.6 Å². The van der Waals surface area contributed by atoms with E-state index >= 15 is 0 Å². The molecular weight excluding hydrogens is 262 g/mol. The number of imidazole rings is 1. The lowest BCUT2D eigenvalue weighted by Gasteiger charge is -2.06. The first-order chi connectivity index (χ1) is 9.24. The van der Waals surface area contributed by atoms with Crippen molar-refractivity contribution >= 4 is 22.9 Å². The third kappa shape index (κ3) is 2.42. The molecule has 0 unspecified atom stereocenters. The van der Waals surface area contributed by atoms with Crippen LogP contribution in [0.4, 0.5) is 0 Å². The highest BCUT2D eigenvalue weighted by atomic mass is 32.2. The summed E-state index contributed by atoms with van der Waals surface area (Å²) in [7, 11) is 0. The van der Waals surface area contributed by atoms with Crippen LogP contribution >= 0.6 is 11.8 Å². The number of H-pyrrole nitrogens is 1. The number of aliphatic hydroxyl groups excluding tert-OH is 1. The summed E-state index contributed by atoms with van der Waals surface area (Å²) in [6, 6.07) is 3.64. The third-order valence-electron chi connectivity index (χ3n) is 2.63. The second-order valence-corrected chi connectivity index (χ2v) is 4.99. The van der Waals surface area contributed by atoms with Gasteiger partial charge in [0.15, 0.2) is 5.65 Å². The number of nitrogens with one attached hydrogen (secondary N) is 1. The minimum absolute atomic E-state index is 0.514. The Kier molecular flexibility index (Phi) is 3.14. The number of nitrogens with zero attached hydrogens (tertiary/aromatic N) is 4. The van der Waals surface area contributed by atoms with Gasteiger partial charge in [-0.05, 0) is 36.4 Å². The minimum atomic E-state index is -0.514. The average molecular weight is 273 g/mol. The van der Waals surface area contributed by atoms with Gasteiger partial charge in [0.2, 0.25) is 0 Å². The molecule has 3 rings (SSSR count). The van der Waals surface area contributed by atoms with E-state index in [1.54, 1.807) is 25.5 Å². The van der Waals surface area contributed by atoms with Gasteiger partial charge in [-0.1, -0.05) is 0 Å². The maximum atomic E-state index is 9.57. The molecule has 0 aromatic carbocycles. The molecule has 0 spiro atoms. The van der Waals surface area contributed by atoms with Gasteiger partial charge in [-0.25, -0.2) is 19.9 Å². The highest BCUT2D eigenvalue weighted by Gasteiger charge is 2.09. The van der Waals surface area contributed by atoms with Crippen molar-refractivity contribution in [3.8, 4) is 0 Å². The fraction of sp³-hybridized carbons (Fsp3) is 0.167. The second-order valence-electron chi connectivity index (χ2n) is 3.99. The van der Waals surface area contributed by atoms with Crippen molar-refractivity contribution < 1.29 is 5.11 Å². The van der Waals surface area contributed by atoms with E-state index in [2.05, 4.69) is 24.9 Å². The van der Waals surface area contributed by atoms with Gasteiger partial charge in [-0.15, -0.1) is 0 Å². The molecule has 0 radical (unpaired) electrons. The van der Waals surface area contributed by atoms with Crippen molar-refractivity contribution in [1.29, 1.82) is 0 Å². The van der Waals surface area contributed by atoms with Crippen molar-refractivity contribution in [3.63, 3.8) is 0 Å². The van der Waals surface area contributed by atoms with Gasteiger partial charge in [0.25, 0.3) is 0 Å². The number of hydrogen-bond donors (Lipinski definition) is 2. The first kappa shape index (κ1) is 12.1. The molecule has 0 bridgehead atoms. The molecule has 0 aliphatic rings. The molecule has 96 valence electrons. The predicted octanol–water partition coefficient (Wildman–Crippen LogP) is 1.95. The van der Waals surface area contributed by atoms with Crippen molar-refractivity contribution in [2.75, 3.05) is 0 Å². The molecule has 0 amide bonds. The Balaban J connectivity index is 1.97. The van der Waals surface area contributed by atoms with Crippen LogP contribution in [0.1, 0.15) is 18.6 Å². The smallest absolute Gasteiger partial charge is 0.181 e. The Morgan fingerprint density at radius 2 is 2.16 bits per heavy atom. The predicted molar refractivity (Wildman–Crippen MR) is 70.7 cm³/mol. The summed E-state index contributed by atoms with van der Waals surface area (Å²) in [5.41, 5.74) is 2.24. The van der Waals surface area contributed by atoms with Crippen LogP contribution in [0.25, 0.3) is 11.2 Å². The molecule has 0 saturated carbocycles. The van der Waals surface area contributed by atoms with Crippen LogP contribution in [-0.2, 0) is 0 Å². The van der Waals surface area contributed by atoms with Gasteiger partial charge in [0.1, 0.15) is 21.9 Å². The Morgan fingerprint density at radius 3 is 3.00 bits per heavy atom. The lowest BCUT2D eigenvalue weighted by Crippen LogP contribution is -1.93. The number of hydrogen-bond acceptors (Lipinski definition) is 6. The monoisotopic (exact) mass is 273 g/mol. The van der Waals surface area contributed by atoms with E-state index < -0.39 is 6.10 Å². The molecule has 0 saturated heterocycles. The molecule has 0 aliphatic heterocycles. The minimum Gasteiger partial charge on any atom is -0.389 e. The Labute approximate surface area is 113 Å². The van der Waals surface area contributed by atoms with Crippen molar-refractivity contribution in [1.82, 2.24) is 24.9 Å². The molecule has 2 N–H and O–H groups in total. The fourth-order valence-corrected chi connectivity index (χ4v) is 2.52. The molecule has 3 heterocycles. The SMILES string of the molecule is C[C@H](O)c1ccnc(Sc2ncnc3nc[nH]c23)c1. The molecule has 3 aromatic heterocycles. The van der Waals surface area contributed by atoms with Gasteiger partial charge >= 0.3 is 0 Å². The Morgan fingerprint density at radius 1 is 1.26 bits per heavy atom. The molecule has 3 aromatic rings. The van der Waals surface area contributed by atoms with Gasteiger partial charge in [0.05, 0.1) is 12.4 Å². The van der Waals surface area contributed by atoms with E-state index in [9.17, 15) is 5.11 Å². The van der Waals surface area contributed by atoms with Crippen LogP contribution in [0, 0.1) is 0 Å². The zero-order valence-corrected chi connectivity index (χ0v) is 10.9. The molecule has 1 atom stereocenters. The molecular formula is C12H11N5OS. The quantitative estimate of drug-likeness (QED) is 0.709. The number of rotatable bonds is 3. The van der Waals surface area contributed by atoms with Gasteiger partial charge in [-0.2, -0.15) is 0 Å². The molecule has 7 heteroatoms. The summed E-state index contributed by atoms with van der Waals surface area (Å²) >= 11 is 1.41. The normalized spacial score (nSPS) is 12.7. The van der Waals surface area contributed by atoms with Crippen molar-refractivity contribution in [2.45, 2.75) is 23.1 Å². The maximum absolute atomic E-state index is 9.57.